The Hall–Kier alpha value is -1.42. The van der Waals surface area contributed by atoms with Gasteiger partial charge in [-0.25, -0.2) is 4.39 Å². The van der Waals surface area contributed by atoms with Crippen molar-refractivity contribution in [3.63, 3.8) is 0 Å². The Morgan fingerprint density at radius 1 is 1.35 bits per heavy atom. The van der Waals surface area contributed by atoms with Gasteiger partial charge in [-0.2, -0.15) is 0 Å². The van der Waals surface area contributed by atoms with Crippen molar-refractivity contribution >= 4 is 11.0 Å². The molecule has 0 atom stereocenters. The van der Waals surface area contributed by atoms with E-state index < -0.39 is 0 Å². The molecule has 1 aromatic heterocycles. The highest BCUT2D eigenvalue weighted by molar-refractivity contribution is 5.80. The van der Waals surface area contributed by atoms with Crippen LogP contribution >= 0.6 is 0 Å². The first-order valence-corrected chi connectivity index (χ1v) is 5.98. The normalized spacial score (nSPS) is 18.9. The van der Waals surface area contributed by atoms with Crippen molar-refractivity contribution in [2.24, 2.45) is 0 Å². The predicted octanol–water partition coefficient (Wildman–Crippen LogP) is 2.78. The van der Waals surface area contributed by atoms with E-state index in [1.165, 1.54) is 6.07 Å². The molecule has 1 aromatic carbocycles. The maximum Gasteiger partial charge on any atom is 0.170 e. The van der Waals surface area contributed by atoms with Gasteiger partial charge in [-0.3, -0.25) is 0 Å². The zero-order chi connectivity index (χ0) is 11.8. The SMILES string of the molecule is CN1CCC(c2noc3cccc(F)c23)CC1. The summed E-state index contributed by atoms with van der Waals surface area (Å²) in [6.07, 6.45) is 2.04. The van der Waals surface area contributed by atoms with E-state index in [0.29, 0.717) is 16.9 Å². The lowest BCUT2D eigenvalue weighted by atomic mass is 9.92. The molecule has 0 N–H and O–H groups in total. The van der Waals surface area contributed by atoms with Crippen molar-refractivity contribution in [1.29, 1.82) is 0 Å². The largest absolute Gasteiger partial charge is 0.356 e. The maximum atomic E-state index is 13.8. The lowest BCUT2D eigenvalue weighted by molar-refractivity contribution is 0.250. The van der Waals surface area contributed by atoms with Crippen LogP contribution in [0.15, 0.2) is 22.7 Å². The molecular weight excluding hydrogens is 219 g/mol. The predicted molar refractivity (Wildman–Crippen MR) is 63.4 cm³/mol. The van der Waals surface area contributed by atoms with Gasteiger partial charge in [0.25, 0.3) is 0 Å². The molecule has 4 heteroatoms. The third-order valence-electron chi connectivity index (χ3n) is 3.58. The topological polar surface area (TPSA) is 29.3 Å². The number of nitrogens with zero attached hydrogens (tertiary/aromatic N) is 2. The fraction of sp³-hybridized carbons (Fsp3) is 0.462. The van der Waals surface area contributed by atoms with Gasteiger partial charge in [-0.05, 0) is 45.1 Å². The highest BCUT2D eigenvalue weighted by Gasteiger charge is 2.24. The Morgan fingerprint density at radius 3 is 2.88 bits per heavy atom. The summed E-state index contributed by atoms with van der Waals surface area (Å²) in [5.41, 5.74) is 1.35. The van der Waals surface area contributed by atoms with Crippen LogP contribution in [0.2, 0.25) is 0 Å². The van der Waals surface area contributed by atoms with E-state index in [2.05, 4.69) is 17.1 Å². The number of piperidine rings is 1. The number of halogens is 1. The van der Waals surface area contributed by atoms with Crippen molar-refractivity contribution in [2.75, 3.05) is 20.1 Å². The van der Waals surface area contributed by atoms with E-state index >= 15 is 0 Å². The second kappa shape index (κ2) is 4.11. The molecular formula is C13H15FN2O. The summed E-state index contributed by atoms with van der Waals surface area (Å²) in [5.74, 6) is 0.0991. The molecule has 0 aliphatic carbocycles. The van der Waals surface area contributed by atoms with E-state index in [1.54, 1.807) is 12.1 Å². The number of hydrogen-bond acceptors (Lipinski definition) is 3. The molecule has 3 nitrogen and oxygen atoms in total. The van der Waals surface area contributed by atoms with Gasteiger partial charge in [0.05, 0.1) is 11.1 Å². The van der Waals surface area contributed by atoms with Gasteiger partial charge in [-0.15, -0.1) is 0 Å². The number of hydrogen-bond donors (Lipinski definition) is 0. The average Bonchev–Trinajstić information content (AvgIpc) is 2.75. The van der Waals surface area contributed by atoms with Crippen LogP contribution in [0.5, 0.6) is 0 Å². The number of aromatic nitrogens is 1. The Morgan fingerprint density at radius 2 is 2.12 bits per heavy atom. The van der Waals surface area contributed by atoms with E-state index in [9.17, 15) is 4.39 Å². The van der Waals surface area contributed by atoms with Crippen LogP contribution < -0.4 is 0 Å². The molecule has 0 saturated carbocycles. The van der Waals surface area contributed by atoms with E-state index in [4.69, 9.17) is 4.52 Å². The van der Waals surface area contributed by atoms with Crippen LogP contribution in [-0.4, -0.2) is 30.2 Å². The summed E-state index contributed by atoms with van der Waals surface area (Å²) in [4.78, 5) is 2.29. The average molecular weight is 234 g/mol. The molecule has 0 radical (unpaired) electrons. The molecule has 17 heavy (non-hydrogen) atoms. The molecule has 1 fully saturated rings. The first-order valence-electron chi connectivity index (χ1n) is 5.98. The quantitative estimate of drug-likeness (QED) is 0.759. The second-order valence-electron chi connectivity index (χ2n) is 4.76. The molecule has 0 spiro atoms. The lowest BCUT2D eigenvalue weighted by Crippen LogP contribution is -2.29. The summed E-state index contributed by atoms with van der Waals surface area (Å²) in [6, 6.07) is 4.89. The first kappa shape index (κ1) is 10.7. The third-order valence-corrected chi connectivity index (χ3v) is 3.58. The van der Waals surface area contributed by atoms with Crippen molar-refractivity contribution < 1.29 is 8.91 Å². The fourth-order valence-corrected chi connectivity index (χ4v) is 2.53. The monoisotopic (exact) mass is 234 g/mol. The number of benzene rings is 1. The van der Waals surface area contributed by atoms with Gasteiger partial charge in [-0.1, -0.05) is 11.2 Å². The summed E-state index contributed by atoms with van der Waals surface area (Å²) < 4.78 is 19.0. The van der Waals surface area contributed by atoms with Crippen LogP contribution in [0.25, 0.3) is 11.0 Å². The van der Waals surface area contributed by atoms with Gasteiger partial charge in [0.2, 0.25) is 0 Å². The summed E-state index contributed by atoms with van der Waals surface area (Å²) >= 11 is 0. The smallest absolute Gasteiger partial charge is 0.170 e. The highest BCUT2D eigenvalue weighted by atomic mass is 19.1. The van der Waals surface area contributed by atoms with Crippen molar-refractivity contribution in [3.8, 4) is 0 Å². The van der Waals surface area contributed by atoms with Gasteiger partial charge in [0, 0.05) is 5.92 Å². The zero-order valence-corrected chi connectivity index (χ0v) is 9.82. The molecule has 0 unspecified atom stereocenters. The molecule has 1 aliphatic heterocycles. The standard InChI is InChI=1S/C13H15FN2O/c1-16-7-5-9(6-8-16)13-12-10(14)3-2-4-11(12)17-15-13/h2-4,9H,5-8H2,1H3. The van der Waals surface area contributed by atoms with E-state index in [-0.39, 0.29) is 5.82 Å². The zero-order valence-electron chi connectivity index (χ0n) is 9.82. The van der Waals surface area contributed by atoms with Gasteiger partial charge < -0.3 is 9.42 Å². The molecule has 2 aromatic rings. The molecule has 2 heterocycles. The highest BCUT2D eigenvalue weighted by Crippen LogP contribution is 2.33. The van der Waals surface area contributed by atoms with Crippen LogP contribution in [0.4, 0.5) is 4.39 Å². The molecule has 90 valence electrons. The molecule has 1 aliphatic rings. The molecule has 0 bridgehead atoms. The van der Waals surface area contributed by atoms with Crippen LogP contribution in [0, 0.1) is 5.82 Å². The maximum absolute atomic E-state index is 13.8. The van der Waals surface area contributed by atoms with E-state index in [1.807, 2.05) is 0 Å². The third kappa shape index (κ3) is 1.82. The van der Waals surface area contributed by atoms with Gasteiger partial charge in [0.1, 0.15) is 5.82 Å². The molecule has 1 saturated heterocycles. The molecule has 3 rings (SSSR count). The van der Waals surface area contributed by atoms with Crippen LogP contribution in [0.3, 0.4) is 0 Å². The Balaban J connectivity index is 2.00. The van der Waals surface area contributed by atoms with Crippen molar-refractivity contribution in [2.45, 2.75) is 18.8 Å². The van der Waals surface area contributed by atoms with E-state index in [0.717, 1.165) is 31.6 Å². The minimum Gasteiger partial charge on any atom is -0.356 e. The number of rotatable bonds is 1. The minimum atomic E-state index is -0.224. The number of likely N-dealkylation sites (tertiary alicyclic amines) is 1. The van der Waals surface area contributed by atoms with Crippen molar-refractivity contribution in [3.05, 3.63) is 29.7 Å². The summed E-state index contributed by atoms with van der Waals surface area (Å²) in [6.45, 7) is 2.07. The Bertz CT molecular complexity index is 529. The number of fused-ring (bicyclic) bond motifs is 1. The molecule has 0 amide bonds. The minimum absolute atomic E-state index is 0.224. The van der Waals surface area contributed by atoms with Crippen LogP contribution in [0.1, 0.15) is 24.5 Å². The van der Waals surface area contributed by atoms with Gasteiger partial charge >= 0.3 is 0 Å². The fourth-order valence-electron chi connectivity index (χ4n) is 2.53. The Kier molecular flexibility index (Phi) is 2.59. The lowest BCUT2D eigenvalue weighted by Gasteiger charge is -2.27. The van der Waals surface area contributed by atoms with Crippen LogP contribution in [-0.2, 0) is 0 Å². The Labute approximate surface area is 99.2 Å². The van der Waals surface area contributed by atoms with Gasteiger partial charge in [0.15, 0.2) is 5.58 Å². The summed E-state index contributed by atoms with van der Waals surface area (Å²) in [5, 5.41) is 4.64. The second-order valence-corrected chi connectivity index (χ2v) is 4.76. The summed E-state index contributed by atoms with van der Waals surface area (Å²) in [7, 11) is 2.11. The first-order chi connectivity index (χ1) is 8.25. The van der Waals surface area contributed by atoms with Crippen molar-refractivity contribution in [1.82, 2.24) is 10.1 Å².